The summed E-state index contributed by atoms with van der Waals surface area (Å²) in [5.74, 6) is 1.81. The summed E-state index contributed by atoms with van der Waals surface area (Å²) in [7, 11) is 3.18. The van der Waals surface area contributed by atoms with Crippen molar-refractivity contribution in [3.63, 3.8) is 0 Å². The Kier molecular flexibility index (Phi) is 9.08. The maximum Gasteiger partial charge on any atom is 0.256 e. The molecule has 0 atom stereocenters. The van der Waals surface area contributed by atoms with Gasteiger partial charge in [0.2, 0.25) is 0 Å². The summed E-state index contributed by atoms with van der Waals surface area (Å²) < 4.78 is 29.0. The standard InChI is InChI=1S/C17H15N2O3.C10H10FNO2.W/c1-20-16-9-13-14(10-17(16)21-2)19-8-7-15(13)22-12-5-3-11(18)4-6-12;11-7-1-3-8(4-2-7)12-9(13)10(14)5-6-10;/h3-10,18H,1-2H3;1-4,14H,5-6H2,(H,12,13);/q-1;;. The third-order valence-corrected chi connectivity index (χ3v) is 5.54. The molecule has 1 amide bonds. The number of methoxy groups -OCH3 is 2. The zero-order chi connectivity index (χ0) is 25.7. The molecule has 4 aromatic rings. The molecule has 37 heavy (non-hydrogen) atoms. The molecule has 192 valence electrons. The number of ether oxygens (including phenoxy) is 3. The van der Waals surface area contributed by atoms with E-state index in [1.165, 1.54) is 24.3 Å². The molecule has 3 N–H and O–H groups in total. The average molecular weight is 674 g/mol. The van der Waals surface area contributed by atoms with Gasteiger partial charge in [-0.1, -0.05) is 12.1 Å². The molecule has 8 nitrogen and oxygen atoms in total. The van der Waals surface area contributed by atoms with E-state index in [4.69, 9.17) is 19.9 Å². The minimum Gasteiger partial charge on any atom is -0.699 e. The van der Waals surface area contributed by atoms with Gasteiger partial charge in [0.15, 0.2) is 11.5 Å². The first kappa shape index (κ1) is 27.9. The molecule has 0 radical (unpaired) electrons. The van der Waals surface area contributed by atoms with Gasteiger partial charge in [0.1, 0.15) is 22.9 Å². The Bertz CT molecular complexity index is 1360. The van der Waals surface area contributed by atoms with Gasteiger partial charge in [-0.05, 0) is 61.4 Å². The van der Waals surface area contributed by atoms with E-state index in [-0.39, 0.29) is 26.9 Å². The Morgan fingerprint density at radius 3 is 2.19 bits per heavy atom. The van der Waals surface area contributed by atoms with Crippen molar-refractivity contribution in [1.82, 2.24) is 4.98 Å². The predicted octanol–water partition coefficient (Wildman–Crippen LogP) is 6.01. The molecule has 0 saturated heterocycles. The van der Waals surface area contributed by atoms with Crippen LogP contribution in [0.5, 0.6) is 23.0 Å². The monoisotopic (exact) mass is 674 g/mol. The summed E-state index contributed by atoms with van der Waals surface area (Å²) in [6.07, 6.45) is 2.68. The van der Waals surface area contributed by atoms with Gasteiger partial charge >= 0.3 is 0 Å². The number of aromatic nitrogens is 1. The van der Waals surface area contributed by atoms with E-state index in [9.17, 15) is 14.3 Å². The van der Waals surface area contributed by atoms with Gasteiger partial charge in [0.05, 0.1) is 19.7 Å². The van der Waals surface area contributed by atoms with Gasteiger partial charge in [-0.3, -0.25) is 9.78 Å². The quantitative estimate of drug-likeness (QED) is 0.259. The Hall–Kier alpha value is -3.68. The largest absolute Gasteiger partial charge is 0.699 e. The number of nitrogens with one attached hydrogen (secondary N) is 2. The second kappa shape index (κ2) is 12.0. The van der Waals surface area contributed by atoms with Crippen molar-refractivity contribution in [3.8, 4) is 23.0 Å². The predicted molar refractivity (Wildman–Crippen MR) is 135 cm³/mol. The van der Waals surface area contributed by atoms with E-state index in [1.807, 2.05) is 12.1 Å². The first-order valence-corrected chi connectivity index (χ1v) is 11.1. The molecule has 10 heteroatoms. The Balaban J connectivity index is 0.000000220. The molecule has 5 rings (SSSR count). The maximum atomic E-state index is 12.5. The Labute approximate surface area is 227 Å². The van der Waals surface area contributed by atoms with E-state index >= 15 is 0 Å². The molecular formula is C27H25FN3O5W-. The summed E-state index contributed by atoms with van der Waals surface area (Å²) in [5, 5.41) is 12.8. The number of hydrogen-bond donors (Lipinski definition) is 2. The third kappa shape index (κ3) is 6.96. The molecule has 3 aromatic carbocycles. The summed E-state index contributed by atoms with van der Waals surface area (Å²) >= 11 is 0. The number of benzene rings is 3. The number of anilines is 1. The molecule has 1 saturated carbocycles. The van der Waals surface area contributed by atoms with E-state index in [2.05, 4.69) is 10.3 Å². The number of carbonyl (C=O) groups is 1. The fourth-order valence-corrected chi connectivity index (χ4v) is 3.31. The minimum atomic E-state index is -1.19. The van der Waals surface area contributed by atoms with Crippen LogP contribution in [0.2, 0.25) is 0 Å². The number of amides is 1. The molecule has 1 fully saturated rings. The van der Waals surface area contributed by atoms with Gasteiger partial charge < -0.3 is 30.4 Å². The number of rotatable bonds is 6. The number of fused-ring (bicyclic) bond motifs is 1. The van der Waals surface area contributed by atoms with Crippen molar-refractivity contribution in [2.75, 3.05) is 19.5 Å². The van der Waals surface area contributed by atoms with Crippen LogP contribution in [0.15, 0.2) is 72.9 Å². The van der Waals surface area contributed by atoms with E-state index < -0.39 is 11.5 Å². The Morgan fingerprint density at radius 2 is 1.59 bits per heavy atom. The van der Waals surface area contributed by atoms with Gasteiger partial charge in [-0.25, -0.2) is 4.39 Å². The Morgan fingerprint density at radius 1 is 0.973 bits per heavy atom. The van der Waals surface area contributed by atoms with Gasteiger partial charge in [0, 0.05) is 44.4 Å². The van der Waals surface area contributed by atoms with Crippen LogP contribution in [0.1, 0.15) is 12.8 Å². The van der Waals surface area contributed by atoms with Crippen molar-refractivity contribution in [2.45, 2.75) is 18.4 Å². The molecule has 0 unspecified atom stereocenters. The number of hydrogen-bond acceptors (Lipinski definition) is 6. The molecule has 1 aliphatic carbocycles. The maximum absolute atomic E-state index is 12.5. The summed E-state index contributed by atoms with van der Waals surface area (Å²) in [6, 6.07) is 17.8. The van der Waals surface area contributed by atoms with Crippen LogP contribution in [0.25, 0.3) is 16.6 Å². The first-order valence-electron chi connectivity index (χ1n) is 11.1. The van der Waals surface area contributed by atoms with Crippen LogP contribution in [0.3, 0.4) is 0 Å². The number of carbonyl (C=O) groups excluding carboxylic acids is 1. The first-order chi connectivity index (χ1) is 17.3. The zero-order valence-electron chi connectivity index (χ0n) is 20.2. The SMILES string of the molecule is COc1cc2nccc(Oc3ccc([NH-])cc3)c2cc1OC.O=C(Nc1ccc(F)cc1)C1(O)CC1.[W]. The molecule has 1 aromatic heterocycles. The molecule has 0 spiro atoms. The molecule has 1 heterocycles. The number of pyridine rings is 1. The van der Waals surface area contributed by atoms with Gasteiger partial charge in [-0.15, -0.1) is 5.69 Å². The van der Waals surface area contributed by atoms with Crippen molar-refractivity contribution < 1.29 is 49.6 Å². The van der Waals surface area contributed by atoms with Gasteiger partial charge in [0.25, 0.3) is 5.91 Å². The summed E-state index contributed by atoms with van der Waals surface area (Å²) in [5.41, 5.74) is 8.01. The second-order valence-electron chi connectivity index (χ2n) is 8.15. The molecule has 1 aliphatic rings. The molecule has 0 aliphatic heterocycles. The minimum absolute atomic E-state index is 0. The summed E-state index contributed by atoms with van der Waals surface area (Å²) in [4.78, 5) is 15.7. The van der Waals surface area contributed by atoms with Crippen molar-refractivity contribution >= 4 is 28.2 Å². The van der Waals surface area contributed by atoms with Crippen LogP contribution >= 0.6 is 0 Å². The van der Waals surface area contributed by atoms with Crippen LogP contribution in [0, 0.1) is 5.82 Å². The number of halogens is 1. The average Bonchev–Trinajstić information content (AvgIpc) is 3.65. The third-order valence-electron chi connectivity index (χ3n) is 5.54. The van der Waals surface area contributed by atoms with Gasteiger partial charge in [-0.2, -0.15) is 0 Å². The van der Waals surface area contributed by atoms with Crippen molar-refractivity contribution in [2.24, 2.45) is 0 Å². The van der Waals surface area contributed by atoms with Crippen LogP contribution < -0.4 is 19.5 Å². The van der Waals surface area contributed by atoms with E-state index in [0.29, 0.717) is 47.2 Å². The second-order valence-corrected chi connectivity index (χ2v) is 8.15. The van der Waals surface area contributed by atoms with Crippen molar-refractivity contribution in [3.05, 3.63) is 84.5 Å². The zero-order valence-corrected chi connectivity index (χ0v) is 23.1. The van der Waals surface area contributed by atoms with E-state index in [0.717, 1.165) is 10.9 Å². The molecular weight excluding hydrogens is 649 g/mol. The normalized spacial score (nSPS) is 12.9. The number of nitrogens with zero attached hydrogens (tertiary/aromatic N) is 1. The van der Waals surface area contributed by atoms with Crippen molar-refractivity contribution in [1.29, 1.82) is 0 Å². The smallest absolute Gasteiger partial charge is 0.256 e. The molecule has 0 bridgehead atoms. The van der Waals surface area contributed by atoms with Crippen LogP contribution in [-0.2, 0) is 25.9 Å². The van der Waals surface area contributed by atoms with Crippen LogP contribution in [0.4, 0.5) is 15.8 Å². The summed E-state index contributed by atoms with van der Waals surface area (Å²) in [6.45, 7) is 0. The fourth-order valence-electron chi connectivity index (χ4n) is 3.31. The number of aliphatic hydroxyl groups is 1. The fraction of sp³-hybridized carbons (Fsp3) is 0.185. The van der Waals surface area contributed by atoms with Crippen LogP contribution in [-0.4, -0.2) is 35.8 Å². The van der Waals surface area contributed by atoms with E-state index in [1.54, 1.807) is 50.7 Å². The topological polar surface area (TPSA) is 114 Å².